The van der Waals surface area contributed by atoms with E-state index in [0.717, 1.165) is 38.3 Å². The van der Waals surface area contributed by atoms with E-state index in [2.05, 4.69) is 44.9 Å². The van der Waals surface area contributed by atoms with Crippen molar-refractivity contribution < 1.29 is 0 Å². The highest BCUT2D eigenvalue weighted by atomic mass is 15.1. The van der Waals surface area contributed by atoms with E-state index in [0.29, 0.717) is 6.54 Å². The highest BCUT2D eigenvalue weighted by Crippen LogP contribution is 2.19. The predicted octanol–water partition coefficient (Wildman–Crippen LogP) is 1.40. The molecule has 2 aromatic rings. The van der Waals surface area contributed by atoms with Gasteiger partial charge in [0, 0.05) is 38.9 Å². The van der Waals surface area contributed by atoms with Gasteiger partial charge in [0.15, 0.2) is 0 Å². The van der Waals surface area contributed by atoms with Crippen LogP contribution in [0.15, 0.2) is 36.8 Å². The van der Waals surface area contributed by atoms with Crippen molar-refractivity contribution in [2.45, 2.75) is 26.1 Å². The van der Waals surface area contributed by atoms with Gasteiger partial charge in [0.25, 0.3) is 0 Å². The van der Waals surface area contributed by atoms with E-state index in [9.17, 15) is 0 Å². The molecule has 0 amide bonds. The Balaban J connectivity index is 1.65. The largest absolute Gasteiger partial charge is 0.336 e. The van der Waals surface area contributed by atoms with Crippen molar-refractivity contribution in [2.75, 3.05) is 13.1 Å². The van der Waals surface area contributed by atoms with E-state index in [-0.39, 0.29) is 0 Å². The molecule has 1 aliphatic heterocycles. The number of imidazole rings is 1. The van der Waals surface area contributed by atoms with Gasteiger partial charge in [0.1, 0.15) is 0 Å². The Kier molecular flexibility index (Phi) is 3.62. The van der Waals surface area contributed by atoms with E-state index >= 15 is 0 Å². The molecule has 100 valence electrons. The lowest BCUT2D eigenvalue weighted by molar-refractivity contribution is 0.243. The van der Waals surface area contributed by atoms with Gasteiger partial charge in [0.05, 0.1) is 12.0 Å². The molecule has 0 saturated carbocycles. The standard InChI is InChI=1S/C15H20N4/c16-6-8-19-11-15(17-12-19)10-18-7-5-13-3-1-2-4-14(13)9-18/h1-4,11-12H,5-10,16H2. The smallest absolute Gasteiger partial charge is 0.0950 e. The molecule has 19 heavy (non-hydrogen) atoms. The minimum Gasteiger partial charge on any atom is -0.336 e. The van der Waals surface area contributed by atoms with Crippen LogP contribution in [0, 0.1) is 0 Å². The summed E-state index contributed by atoms with van der Waals surface area (Å²) in [4.78, 5) is 6.91. The first-order valence-corrected chi connectivity index (χ1v) is 6.85. The van der Waals surface area contributed by atoms with Gasteiger partial charge in [-0.25, -0.2) is 4.98 Å². The highest BCUT2D eigenvalue weighted by molar-refractivity contribution is 5.29. The van der Waals surface area contributed by atoms with Gasteiger partial charge in [-0.1, -0.05) is 24.3 Å². The van der Waals surface area contributed by atoms with Gasteiger partial charge in [-0.05, 0) is 17.5 Å². The fraction of sp³-hybridized carbons (Fsp3) is 0.400. The summed E-state index contributed by atoms with van der Waals surface area (Å²) in [5, 5.41) is 0. The SMILES string of the molecule is NCCn1cnc(CN2CCc3ccccc3C2)c1. The summed E-state index contributed by atoms with van der Waals surface area (Å²) in [7, 11) is 0. The van der Waals surface area contributed by atoms with Gasteiger partial charge < -0.3 is 10.3 Å². The van der Waals surface area contributed by atoms with Crippen LogP contribution in [-0.2, 0) is 26.1 Å². The second-order valence-corrected chi connectivity index (χ2v) is 5.12. The number of benzene rings is 1. The molecule has 0 bridgehead atoms. The maximum atomic E-state index is 5.55. The van der Waals surface area contributed by atoms with Crippen molar-refractivity contribution in [3.05, 3.63) is 53.6 Å². The van der Waals surface area contributed by atoms with E-state index in [4.69, 9.17) is 5.73 Å². The third-order valence-corrected chi connectivity index (χ3v) is 3.67. The molecule has 0 radical (unpaired) electrons. The van der Waals surface area contributed by atoms with Crippen LogP contribution in [0.2, 0.25) is 0 Å². The van der Waals surface area contributed by atoms with Crippen LogP contribution in [0.4, 0.5) is 0 Å². The first kappa shape index (κ1) is 12.4. The minimum absolute atomic E-state index is 0.660. The Morgan fingerprint density at radius 1 is 1.21 bits per heavy atom. The number of aromatic nitrogens is 2. The molecular formula is C15H20N4. The molecule has 3 rings (SSSR count). The molecule has 1 aromatic carbocycles. The van der Waals surface area contributed by atoms with Crippen molar-refractivity contribution in [3.8, 4) is 0 Å². The Morgan fingerprint density at radius 3 is 2.89 bits per heavy atom. The van der Waals surface area contributed by atoms with Crippen LogP contribution >= 0.6 is 0 Å². The van der Waals surface area contributed by atoms with E-state index in [1.54, 1.807) is 0 Å². The molecular weight excluding hydrogens is 236 g/mol. The molecule has 0 aliphatic carbocycles. The number of rotatable bonds is 4. The molecule has 0 fully saturated rings. The number of hydrogen-bond acceptors (Lipinski definition) is 3. The zero-order valence-electron chi connectivity index (χ0n) is 11.1. The summed E-state index contributed by atoms with van der Waals surface area (Å²) in [6.07, 6.45) is 5.12. The van der Waals surface area contributed by atoms with Crippen LogP contribution in [0.25, 0.3) is 0 Å². The maximum absolute atomic E-state index is 5.55. The molecule has 2 N–H and O–H groups in total. The van der Waals surface area contributed by atoms with Crippen LogP contribution in [0.5, 0.6) is 0 Å². The van der Waals surface area contributed by atoms with E-state index < -0.39 is 0 Å². The third kappa shape index (κ3) is 2.85. The highest BCUT2D eigenvalue weighted by Gasteiger charge is 2.16. The number of fused-ring (bicyclic) bond motifs is 1. The zero-order valence-corrected chi connectivity index (χ0v) is 11.1. The zero-order chi connectivity index (χ0) is 13.1. The van der Waals surface area contributed by atoms with Gasteiger partial charge >= 0.3 is 0 Å². The van der Waals surface area contributed by atoms with Crippen molar-refractivity contribution in [1.29, 1.82) is 0 Å². The molecule has 0 atom stereocenters. The second kappa shape index (κ2) is 5.55. The summed E-state index contributed by atoms with van der Waals surface area (Å²) >= 11 is 0. The molecule has 0 unspecified atom stereocenters. The fourth-order valence-corrected chi connectivity index (χ4v) is 2.68. The van der Waals surface area contributed by atoms with E-state index in [1.165, 1.54) is 11.1 Å². The van der Waals surface area contributed by atoms with Crippen LogP contribution < -0.4 is 5.73 Å². The minimum atomic E-state index is 0.660. The van der Waals surface area contributed by atoms with Crippen LogP contribution in [0.1, 0.15) is 16.8 Å². The van der Waals surface area contributed by atoms with Gasteiger partial charge in [-0.3, -0.25) is 4.90 Å². The van der Waals surface area contributed by atoms with Gasteiger partial charge in [0.2, 0.25) is 0 Å². The molecule has 4 nitrogen and oxygen atoms in total. The maximum Gasteiger partial charge on any atom is 0.0950 e. The fourth-order valence-electron chi connectivity index (χ4n) is 2.68. The van der Waals surface area contributed by atoms with Crippen LogP contribution in [0.3, 0.4) is 0 Å². The summed E-state index contributed by atoms with van der Waals surface area (Å²) in [6.45, 7) is 4.56. The number of nitrogens with zero attached hydrogens (tertiary/aromatic N) is 3. The Morgan fingerprint density at radius 2 is 2.05 bits per heavy atom. The monoisotopic (exact) mass is 256 g/mol. The summed E-state index contributed by atoms with van der Waals surface area (Å²) in [5.41, 5.74) is 9.63. The number of nitrogens with two attached hydrogens (primary N) is 1. The number of hydrogen-bond donors (Lipinski definition) is 1. The lowest BCUT2D eigenvalue weighted by Gasteiger charge is -2.27. The predicted molar refractivity (Wildman–Crippen MR) is 75.5 cm³/mol. The average molecular weight is 256 g/mol. The molecule has 2 heterocycles. The Bertz CT molecular complexity index is 547. The van der Waals surface area contributed by atoms with Crippen molar-refractivity contribution >= 4 is 0 Å². The van der Waals surface area contributed by atoms with Crippen molar-refractivity contribution in [1.82, 2.24) is 14.5 Å². The van der Waals surface area contributed by atoms with Gasteiger partial charge in [-0.15, -0.1) is 0 Å². The molecule has 1 aliphatic rings. The molecule has 0 spiro atoms. The normalized spacial score (nSPS) is 15.4. The lowest BCUT2D eigenvalue weighted by atomic mass is 10.00. The average Bonchev–Trinajstić information content (AvgIpc) is 2.86. The third-order valence-electron chi connectivity index (χ3n) is 3.67. The van der Waals surface area contributed by atoms with Crippen LogP contribution in [-0.4, -0.2) is 27.5 Å². The van der Waals surface area contributed by atoms with E-state index in [1.807, 2.05) is 6.33 Å². The first-order valence-electron chi connectivity index (χ1n) is 6.85. The Labute approximate surface area is 113 Å². The molecule has 0 saturated heterocycles. The quantitative estimate of drug-likeness (QED) is 0.899. The first-order chi connectivity index (χ1) is 9.35. The van der Waals surface area contributed by atoms with Gasteiger partial charge in [-0.2, -0.15) is 0 Å². The van der Waals surface area contributed by atoms with Crippen molar-refractivity contribution in [3.63, 3.8) is 0 Å². The van der Waals surface area contributed by atoms with Crippen molar-refractivity contribution in [2.24, 2.45) is 5.73 Å². The molecule has 4 heteroatoms. The summed E-state index contributed by atoms with van der Waals surface area (Å²) < 4.78 is 2.06. The second-order valence-electron chi connectivity index (χ2n) is 5.12. The Hall–Kier alpha value is -1.65. The molecule has 1 aromatic heterocycles. The summed E-state index contributed by atoms with van der Waals surface area (Å²) in [6, 6.07) is 8.72. The lowest BCUT2D eigenvalue weighted by Crippen LogP contribution is -2.30. The summed E-state index contributed by atoms with van der Waals surface area (Å²) in [5.74, 6) is 0. The topological polar surface area (TPSA) is 47.1 Å².